The van der Waals surface area contributed by atoms with Crippen molar-refractivity contribution in [2.24, 2.45) is 7.05 Å². The second kappa shape index (κ2) is 9.45. The minimum atomic E-state index is -4.47. The maximum absolute atomic E-state index is 13.0. The molecule has 1 unspecified atom stereocenters. The summed E-state index contributed by atoms with van der Waals surface area (Å²) in [5.74, 6) is -1.55. The van der Waals surface area contributed by atoms with Gasteiger partial charge in [-0.2, -0.15) is 23.4 Å². The number of carbonyl (C=O) groups is 1. The van der Waals surface area contributed by atoms with E-state index >= 15 is 0 Å². The van der Waals surface area contributed by atoms with Crippen molar-refractivity contribution in [2.45, 2.75) is 32.4 Å². The number of rotatable bonds is 2. The normalized spacial score (nSPS) is 15.3. The van der Waals surface area contributed by atoms with E-state index in [1.165, 1.54) is 24.0 Å². The van der Waals surface area contributed by atoms with Crippen LogP contribution in [0.15, 0.2) is 18.3 Å². The minimum absolute atomic E-state index is 0.0476. The zero-order valence-corrected chi connectivity index (χ0v) is 17.4. The van der Waals surface area contributed by atoms with Crippen LogP contribution in [0, 0.1) is 0 Å². The monoisotopic (exact) mass is 467 g/mol. The predicted molar refractivity (Wildman–Crippen MR) is 104 cm³/mol. The molecule has 4 heterocycles. The molecule has 0 spiro atoms. The number of alkyl halides is 5. The lowest BCUT2D eigenvalue weighted by molar-refractivity contribution is -0.147. The fraction of sp³-hybridized carbons (Fsp3) is 0.412. The maximum Gasteiger partial charge on any atom is 0.399 e. The Hall–Kier alpha value is -2.96. The molecule has 1 amide bonds. The number of hydrogen-bond donors (Lipinski definition) is 1. The fourth-order valence-corrected chi connectivity index (χ4v) is 2.99. The quantitative estimate of drug-likeness (QED) is 0.454. The summed E-state index contributed by atoms with van der Waals surface area (Å²) in [6, 6.07) is 2.52. The first-order valence-electron chi connectivity index (χ1n) is 8.93. The van der Waals surface area contributed by atoms with E-state index in [1.807, 2.05) is 13.8 Å². The largest absolute Gasteiger partial charge is 0.399 e. The molecule has 0 fully saturated rings. The van der Waals surface area contributed by atoms with Gasteiger partial charge in [-0.05, 0) is 0 Å². The average Bonchev–Trinajstić information content (AvgIpc) is 3.37. The molecule has 0 radical (unpaired) electrons. The van der Waals surface area contributed by atoms with Gasteiger partial charge >= 0.3 is 6.18 Å². The standard InChI is InChI=1S/C10H6ClF3N4O.C5H7F2N3.C2H6/c11-7-1-8-15-2-6-9(18(8)16-7)5(10(12,13)14)3-17(6)4-19;1-10-4(8)2-3(9-10)5(6)7;1-2/h1-2,4-5H,3H2;2,5H,8H2,1H3;1-2H3. The highest BCUT2D eigenvalue weighted by Gasteiger charge is 2.49. The Labute approximate surface area is 178 Å². The minimum Gasteiger partial charge on any atom is -0.384 e. The molecule has 31 heavy (non-hydrogen) atoms. The molecule has 4 rings (SSSR count). The van der Waals surface area contributed by atoms with Crippen LogP contribution in [0.25, 0.3) is 5.65 Å². The molecule has 170 valence electrons. The Kier molecular flexibility index (Phi) is 7.41. The molecule has 14 heteroatoms. The van der Waals surface area contributed by atoms with Gasteiger partial charge in [0.1, 0.15) is 17.4 Å². The lowest BCUT2D eigenvalue weighted by Crippen LogP contribution is -2.27. The summed E-state index contributed by atoms with van der Waals surface area (Å²) in [4.78, 5) is 15.8. The molecular weight excluding hydrogens is 449 g/mol. The number of hydrogen-bond acceptors (Lipinski definition) is 5. The number of nitrogens with two attached hydrogens (primary N) is 1. The number of halogens is 6. The second-order valence-corrected chi connectivity index (χ2v) is 6.42. The van der Waals surface area contributed by atoms with Crippen LogP contribution in [0.4, 0.5) is 33.5 Å². The van der Waals surface area contributed by atoms with Gasteiger partial charge < -0.3 is 10.6 Å². The highest BCUT2D eigenvalue weighted by molar-refractivity contribution is 6.29. The van der Waals surface area contributed by atoms with Gasteiger partial charge in [0.15, 0.2) is 10.8 Å². The molecule has 1 aliphatic heterocycles. The highest BCUT2D eigenvalue weighted by Crippen LogP contribution is 2.44. The first-order chi connectivity index (χ1) is 14.5. The number of aromatic nitrogens is 5. The molecule has 1 aliphatic rings. The summed E-state index contributed by atoms with van der Waals surface area (Å²) in [5, 5.41) is 7.29. The van der Waals surface area contributed by atoms with Gasteiger partial charge in [-0.3, -0.25) is 9.48 Å². The van der Waals surface area contributed by atoms with Crippen molar-refractivity contribution in [3.8, 4) is 0 Å². The topological polar surface area (TPSA) is 94.3 Å². The molecule has 3 aromatic heterocycles. The van der Waals surface area contributed by atoms with E-state index in [2.05, 4.69) is 15.2 Å². The van der Waals surface area contributed by atoms with Crippen LogP contribution in [0.2, 0.25) is 5.15 Å². The summed E-state index contributed by atoms with van der Waals surface area (Å²) >= 11 is 5.68. The molecule has 0 aromatic carbocycles. The Balaban J connectivity index is 0.000000241. The van der Waals surface area contributed by atoms with Gasteiger partial charge in [-0.1, -0.05) is 25.4 Å². The van der Waals surface area contributed by atoms with Crippen LogP contribution in [-0.2, 0) is 11.8 Å². The van der Waals surface area contributed by atoms with E-state index in [0.717, 1.165) is 15.5 Å². The fourth-order valence-electron chi connectivity index (χ4n) is 2.81. The Morgan fingerprint density at radius 3 is 2.35 bits per heavy atom. The van der Waals surface area contributed by atoms with Crippen molar-refractivity contribution >= 4 is 35.2 Å². The summed E-state index contributed by atoms with van der Waals surface area (Å²) in [7, 11) is 1.52. The third-order valence-electron chi connectivity index (χ3n) is 4.17. The molecule has 0 saturated heterocycles. The van der Waals surface area contributed by atoms with E-state index < -0.39 is 25.1 Å². The van der Waals surface area contributed by atoms with Crippen molar-refractivity contribution in [1.29, 1.82) is 0 Å². The molecular formula is C17H19ClF5N7O. The van der Waals surface area contributed by atoms with Crippen LogP contribution >= 0.6 is 11.6 Å². The van der Waals surface area contributed by atoms with Gasteiger partial charge in [-0.15, -0.1) is 0 Å². The molecule has 0 aliphatic carbocycles. The Bertz CT molecular complexity index is 1030. The van der Waals surface area contributed by atoms with E-state index in [9.17, 15) is 26.7 Å². The van der Waals surface area contributed by atoms with Crippen LogP contribution < -0.4 is 10.6 Å². The first kappa shape index (κ1) is 24.3. The van der Waals surface area contributed by atoms with E-state index in [1.54, 1.807) is 0 Å². The average molecular weight is 468 g/mol. The van der Waals surface area contributed by atoms with Gasteiger partial charge in [-0.25, -0.2) is 18.3 Å². The number of amides is 1. The van der Waals surface area contributed by atoms with Crippen LogP contribution in [0.3, 0.4) is 0 Å². The van der Waals surface area contributed by atoms with Gasteiger partial charge in [0, 0.05) is 25.7 Å². The number of nitrogens with zero attached hydrogens (tertiary/aromatic N) is 6. The van der Waals surface area contributed by atoms with Gasteiger partial charge in [0.05, 0.1) is 17.6 Å². The third kappa shape index (κ3) is 5.03. The van der Waals surface area contributed by atoms with Crippen molar-refractivity contribution in [3.05, 3.63) is 34.9 Å². The van der Waals surface area contributed by atoms with Crippen molar-refractivity contribution in [3.63, 3.8) is 0 Å². The summed E-state index contributed by atoms with van der Waals surface area (Å²) < 4.78 is 65.0. The number of carbonyl (C=O) groups excluding carboxylic acids is 1. The number of aryl methyl sites for hydroxylation is 1. The Morgan fingerprint density at radius 1 is 1.26 bits per heavy atom. The summed E-state index contributed by atoms with van der Waals surface area (Å²) in [6.45, 7) is 3.53. The van der Waals surface area contributed by atoms with E-state index in [0.29, 0.717) is 6.41 Å². The van der Waals surface area contributed by atoms with E-state index in [-0.39, 0.29) is 33.7 Å². The zero-order chi connectivity index (χ0) is 23.5. The van der Waals surface area contributed by atoms with Gasteiger partial charge in [0.2, 0.25) is 6.41 Å². The smallest absolute Gasteiger partial charge is 0.384 e. The second-order valence-electron chi connectivity index (χ2n) is 6.04. The number of nitrogen functional groups attached to an aromatic ring is 1. The van der Waals surface area contributed by atoms with Crippen molar-refractivity contribution in [2.75, 3.05) is 17.2 Å². The highest BCUT2D eigenvalue weighted by atomic mass is 35.5. The first-order valence-corrected chi connectivity index (χ1v) is 9.31. The number of anilines is 2. The van der Waals surface area contributed by atoms with Crippen molar-refractivity contribution in [1.82, 2.24) is 24.4 Å². The summed E-state index contributed by atoms with van der Waals surface area (Å²) in [6.07, 6.45) is -5.44. The molecule has 0 saturated carbocycles. The summed E-state index contributed by atoms with van der Waals surface area (Å²) in [5.41, 5.74) is 5.17. The SMILES string of the molecule is CC.Cn1nc(C(F)F)cc1N.O=CN1CC(C(F)(F)F)c2c1cnc1cc(Cl)nn21. The Morgan fingerprint density at radius 2 is 1.90 bits per heavy atom. The maximum atomic E-state index is 13.0. The molecule has 8 nitrogen and oxygen atoms in total. The third-order valence-corrected chi connectivity index (χ3v) is 4.35. The lowest BCUT2D eigenvalue weighted by Gasteiger charge is -2.15. The zero-order valence-electron chi connectivity index (χ0n) is 16.6. The van der Waals surface area contributed by atoms with Crippen LogP contribution in [0.5, 0.6) is 0 Å². The molecule has 0 bridgehead atoms. The molecule has 3 aromatic rings. The molecule has 1 atom stereocenters. The van der Waals surface area contributed by atoms with Gasteiger partial charge in [0.25, 0.3) is 6.43 Å². The predicted octanol–water partition coefficient (Wildman–Crippen LogP) is 3.97. The van der Waals surface area contributed by atoms with Crippen LogP contribution in [0.1, 0.15) is 37.6 Å². The van der Waals surface area contributed by atoms with E-state index in [4.69, 9.17) is 17.3 Å². The molecule has 2 N–H and O–H groups in total. The van der Waals surface area contributed by atoms with Crippen molar-refractivity contribution < 1.29 is 26.7 Å². The number of fused-ring (bicyclic) bond motifs is 3. The lowest BCUT2D eigenvalue weighted by atomic mass is 10.1. The van der Waals surface area contributed by atoms with Crippen LogP contribution in [-0.4, -0.2) is 43.5 Å².